The molecule has 0 amide bonds. The second-order valence-electron chi connectivity index (χ2n) is 6.53. The monoisotopic (exact) mass is 334 g/mol. The standard InChI is InChI=1S/C16H22F4N2O/c1-15(2,10-23)14(22-8-6-21-7-9-22)13-11(16(18,19)20)4-3-5-12(13)17/h3-5,14,21,23H,6-10H2,1-2H3/t14-/m0/s1. The van der Waals surface area contributed by atoms with Crippen molar-refractivity contribution in [2.75, 3.05) is 32.8 Å². The summed E-state index contributed by atoms with van der Waals surface area (Å²) in [6, 6.07) is 2.17. The van der Waals surface area contributed by atoms with Crippen LogP contribution in [0.15, 0.2) is 18.2 Å². The molecular weight excluding hydrogens is 312 g/mol. The summed E-state index contributed by atoms with van der Waals surface area (Å²) in [4.78, 5) is 1.82. The van der Waals surface area contributed by atoms with E-state index in [0.29, 0.717) is 26.2 Å². The van der Waals surface area contributed by atoms with Gasteiger partial charge in [0, 0.05) is 49.8 Å². The number of rotatable bonds is 4. The molecule has 1 aliphatic rings. The molecule has 0 saturated carbocycles. The summed E-state index contributed by atoms with van der Waals surface area (Å²) >= 11 is 0. The van der Waals surface area contributed by atoms with Gasteiger partial charge in [0.15, 0.2) is 0 Å². The van der Waals surface area contributed by atoms with Gasteiger partial charge in [0.05, 0.1) is 5.56 Å². The predicted octanol–water partition coefficient (Wildman–Crippen LogP) is 2.81. The lowest BCUT2D eigenvalue weighted by Crippen LogP contribution is -2.50. The smallest absolute Gasteiger partial charge is 0.396 e. The second kappa shape index (κ2) is 6.75. The molecule has 1 fully saturated rings. The van der Waals surface area contributed by atoms with E-state index in [1.807, 2.05) is 4.90 Å². The number of piperazine rings is 1. The van der Waals surface area contributed by atoms with Gasteiger partial charge in [-0.2, -0.15) is 13.2 Å². The fourth-order valence-corrected chi connectivity index (χ4v) is 3.16. The first-order chi connectivity index (χ1) is 10.7. The van der Waals surface area contributed by atoms with Crippen LogP contribution in [0.25, 0.3) is 0 Å². The molecule has 0 unspecified atom stereocenters. The molecule has 3 nitrogen and oxygen atoms in total. The molecule has 1 atom stereocenters. The van der Waals surface area contributed by atoms with Gasteiger partial charge in [-0.15, -0.1) is 0 Å². The van der Waals surface area contributed by atoms with Crippen LogP contribution in [-0.2, 0) is 6.18 Å². The van der Waals surface area contributed by atoms with Gasteiger partial charge in [-0.25, -0.2) is 4.39 Å². The molecular formula is C16H22F4N2O. The number of hydrogen-bond acceptors (Lipinski definition) is 3. The van der Waals surface area contributed by atoms with Gasteiger partial charge < -0.3 is 10.4 Å². The van der Waals surface area contributed by atoms with E-state index in [2.05, 4.69) is 5.32 Å². The SMILES string of the molecule is CC(C)(CO)[C@H](c1c(F)cccc1C(F)(F)F)N1CCNCC1. The van der Waals surface area contributed by atoms with E-state index in [4.69, 9.17) is 0 Å². The number of halogens is 4. The topological polar surface area (TPSA) is 35.5 Å². The Morgan fingerprint density at radius 1 is 1.22 bits per heavy atom. The van der Waals surface area contributed by atoms with Gasteiger partial charge in [-0.3, -0.25) is 4.90 Å². The Kier molecular flexibility index (Phi) is 5.33. The lowest BCUT2D eigenvalue weighted by atomic mass is 9.78. The van der Waals surface area contributed by atoms with Crippen LogP contribution in [0.1, 0.15) is 31.0 Å². The number of aliphatic hydroxyl groups excluding tert-OH is 1. The molecule has 1 aromatic carbocycles. The maximum atomic E-state index is 14.4. The van der Waals surface area contributed by atoms with Gasteiger partial charge in [-0.05, 0) is 12.1 Å². The Labute approximate surface area is 133 Å². The van der Waals surface area contributed by atoms with Crippen LogP contribution < -0.4 is 5.32 Å². The predicted molar refractivity (Wildman–Crippen MR) is 79.5 cm³/mol. The fourth-order valence-electron chi connectivity index (χ4n) is 3.16. The highest BCUT2D eigenvalue weighted by Crippen LogP contribution is 2.44. The van der Waals surface area contributed by atoms with Crippen LogP contribution in [0.4, 0.5) is 17.6 Å². The number of benzene rings is 1. The van der Waals surface area contributed by atoms with Gasteiger partial charge in [0.2, 0.25) is 0 Å². The maximum Gasteiger partial charge on any atom is 0.416 e. The summed E-state index contributed by atoms with van der Waals surface area (Å²) in [6.45, 7) is 5.22. The van der Waals surface area contributed by atoms with Crippen molar-refractivity contribution in [2.45, 2.75) is 26.1 Å². The molecule has 1 aromatic rings. The Balaban J connectivity index is 2.60. The molecule has 0 spiro atoms. The highest BCUT2D eigenvalue weighted by molar-refractivity contribution is 5.35. The minimum atomic E-state index is -4.64. The van der Waals surface area contributed by atoms with Crippen LogP contribution >= 0.6 is 0 Å². The largest absolute Gasteiger partial charge is 0.416 e. The summed E-state index contributed by atoms with van der Waals surface area (Å²) in [5.74, 6) is -0.884. The average molecular weight is 334 g/mol. The van der Waals surface area contributed by atoms with Crippen molar-refractivity contribution in [1.82, 2.24) is 10.2 Å². The Morgan fingerprint density at radius 2 is 1.83 bits per heavy atom. The summed E-state index contributed by atoms with van der Waals surface area (Å²) in [6.07, 6.45) is -4.64. The number of nitrogens with one attached hydrogen (secondary N) is 1. The highest BCUT2D eigenvalue weighted by atomic mass is 19.4. The number of aliphatic hydroxyl groups is 1. The molecule has 0 radical (unpaired) electrons. The lowest BCUT2D eigenvalue weighted by molar-refractivity contribution is -0.139. The zero-order chi connectivity index (χ0) is 17.3. The molecule has 2 rings (SSSR count). The average Bonchev–Trinajstić information content (AvgIpc) is 2.49. The Hall–Kier alpha value is -1.18. The van der Waals surface area contributed by atoms with Gasteiger partial charge in [-0.1, -0.05) is 19.9 Å². The number of alkyl halides is 3. The Morgan fingerprint density at radius 3 is 2.35 bits per heavy atom. The van der Waals surface area contributed by atoms with Crippen molar-refractivity contribution in [3.8, 4) is 0 Å². The quantitative estimate of drug-likeness (QED) is 0.831. The first-order valence-electron chi connectivity index (χ1n) is 7.59. The van der Waals surface area contributed by atoms with E-state index in [1.165, 1.54) is 0 Å². The molecule has 2 N–H and O–H groups in total. The van der Waals surface area contributed by atoms with Gasteiger partial charge in [0.1, 0.15) is 5.82 Å². The third-order valence-electron chi connectivity index (χ3n) is 4.30. The van der Waals surface area contributed by atoms with E-state index in [9.17, 15) is 22.7 Å². The van der Waals surface area contributed by atoms with Crippen molar-refractivity contribution in [3.63, 3.8) is 0 Å². The van der Waals surface area contributed by atoms with Crippen LogP contribution in [0.2, 0.25) is 0 Å². The van der Waals surface area contributed by atoms with Gasteiger partial charge in [0.25, 0.3) is 0 Å². The molecule has 0 aromatic heterocycles. The van der Waals surface area contributed by atoms with Crippen molar-refractivity contribution in [3.05, 3.63) is 35.1 Å². The molecule has 1 aliphatic heterocycles. The highest BCUT2D eigenvalue weighted by Gasteiger charge is 2.43. The van der Waals surface area contributed by atoms with Crippen molar-refractivity contribution in [1.29, 1.82) is 0 Å². The van der Waals surface area contributed by atoms with Crippen molar-refractivity contribution in [2.24, 2.45) is 5.41 Å². The van der Waals surface area contributed by atoms with E-state index in [1.54, 1.807) is 13.8 Å². The normalized spacial score (nSPS) is 18.9. The van der Waals surface area contributed by atoms with Crippen molar-refractivity contribution >= 4 is 0 Å². The Bertz CT molecular complexity index is 539. The molecule has 130 valence electrons. The van der Waals surface area contributed by atoms with Crippen molar-refractivity contribution < 1.29 is 22.7 Å². The van der Waals surface area contributed by atoms with Crippen LogP contribution in [0.5, 0.6) is 0 Å². The lowest BCUT2D eigenvalue weighted by Gasteiger charge is -2.44. The third kappa shape index (κ3) is 3.84. The summed E-state index contributed by atoms with van der Waals surface area (Å²) < 4.78 is 54.6. The minimum absolute atomic E-state index is 0.340. The molecule has 7 heteroatoms. The van der Waals surface area contributed by atoms with E-state index in [-0.39, 0.29) is 12.2 Å². The molecule has 0 bridgehead atoms. The molecule has 1 heterocycles. The summed E-state index contributed by atoms with van der Waals surface area (Å²) in [5, 5.41) is 12.8. The zero-order valence-corrected chi connectivity index (χ0v) is 13.3. The van der Waals surface area contributed by atoms with E-state index < -0.39 is 29.0 Å². The van der Waals surface area contributed by atoms with E-state index in [0.717, 1.165) is 18.2 Å². The summed E-state index contributed by atoms with van der Waals surface area (Å²) in [7, 11) is 0. The number of nitrogens with zero attached hydrogens (tertiary/aromatic N) is 1. The first kappa shape index (κ1) is 18.2. The minimum Gasteiger partial charge on any atom is -0.396 e. The number of hydrogen-bond donors (Lipinski definition) is 2. The summed E-state index contributed by atoms with van der Waals surface area (Å²) in [5.41, 5.74) is -2.26. The molecule has 1 saturated heterocycles. The second-order valence-corrected chi connectivity index (χ2v) is 6.53. The van der Waals surface area contributed by atoms with E-state index >= 15 is 0 Å². The zero-order valence-electron chi connectivity index (χ0n) is 13.3. The van der Waals surface area contributed by atoms with Crippen LogP contribution in [0.3, 0.4) is 0 Å². The first-order valence-corrected chi connectivity index (χ1v) is 7.59. The van der Waals surface area contributed by atoms with Crippen LogP contribution in [-0.4, -0.2) is 42.8 Å². The van der Waals surface area contributed by atoms with Crippen LogP contribution in [0, 0.1) is 11.2 Å². The molecule has 0 aliphatic carbocycles. The third-order valence-corrected chi connectivity index (χ3v) is 4.30. The van der Waals surface area contributed by atoms with Gasteiger partial charge >= 0.3 is 6.18 Å². The molecule has 23 heavy (non-hydrogen) atoms. The fraction of sp³-hybridized carbons (Fsp3) is 0.625. The maximum absolute atomic E-state index is 14.4.